The van der Waals surface area contributed by atoms with Gasteiger partial charge in [0, 0.05) is 42.6 Å². The van der Waals surface area contributed by atoms with Gasteiger partial charge in [0.15, 0.2) is 0 Å². The molecule has 0 saturated carbocycles. The van der Waals surface area contributed by atoms with Crippen LogP contribution in [0.4, 0.5) is 10.5 Å². The van der Waals surface area contributed by atoms with E-state index >= 15 is 0 Å². The van der Waals surface area contributed by atoms with Gasteiger partial charge in [-0.1, -0.05) is 72.8 Å². The first kappa shape index (κ1) is 47.7. The van der Waals surface area contributed by atoms with Crippen LogP contribution in [0.3, 0.4) is 0 Å². The topological polar surface area (TPSA) is 153 Å². The van der Waals surface area contributed by atoms with Crippen molar-refractivity contribution in [3.8, 4) is 40.2 Å². The number of aliphatic carboxylic acids is 1. The zero-order chi connectivity index (χ0) is 48.1. The highest BCUT2D eigenvalue weighted by Crippen LogP contribution is 2.35. The Morgan fingerprint density at radius 2 is 1.25 bits per heavy atom. The highest BCUT2D eigenvalue weighted by molar-refractivity contribution is 5.83. The Balaban J connectivity index is 0.000000196. The van der Waals surface area contributed by atoms with E-state index in [9.17, 15) is 19.8 Å². The highest BCUT2D eigenvalue weighted by Gasteiger charge is 2.47. The molecule has 2 saturated heterocycles. The molecule has 13 heteroatoms. The van der Waals surface area contributed by atoms with E-state index in [-0.39, 0.29) is 25.1 Å². The van der Waals surface area contributed by atoms with Crippen molar-refractivity contribution < 1.29 is 47.9 Å². The van der Waals surface area contributed by atoms with Crippen LogP contribution in [0, 0.1) is 18.8 Å². The summed E-state index contributed by atoms with van der Waals surface area (Å²) in [5.41, 5.74) is 6.23. The van der Waals surface area contributed by atoms with E-state index < -0.39 is 18.1 Å². The molecule has 69 heavy (non-hydrogen) atoms. The maximum absolute atomic E-state index is 12.6. The molecule has 2 aliphatic heterocycles. The van der Waals surface area contributed by atoms with Gasteiger partial charge in [0.25, 0.3) is 0 Å². The van der Waals surface area contributed by atoms with E-state index in [0.717, 1.165) is 58.3 Å². The summed E-state index contributed by atoms with van der Waals surface area (Å²) in [6.45, 7) is 4.25. The predicted octanol–water partition coefficient (Wildman–Crippen LogP) is 9.72. The molecule has 356 valence electrons. The van der Waals surface area contributed by atoms with E-state index in [1.54, 1.807) is 38.5 Å². The van der Waals surface area contributed by atoms with E-state index in [2.05, 4.69) is 46.3 Å². The number of anilines is 1. The van der Waals surface area contributed by atoms with Crippen molar-refractivity contribution in [3.05, 3.63) is 186 Å². The monoisotopic (exact) mass is 931 g/mol. The molecule has 0 bridgehead atoms. The molecule has 2 fully saturated rings. The highest BCUT2D eigenvalue weighted by atomic mass is 16.6. The Kier molecular flexibility index (Phi) is 15.8. The normalized spacial score (nSPS) is 17.0. The van der Waals surface area contributed by atoms with Crippen LogP contribution in [0.5, 0.6) is 28.7 Å². The van der Waals surface area contributed by atoms with Crippen molar-refractivity contribution in [2.75, 3.05) is 45.4 Å². The number of carbonyl (C=O) groups excluding carboxylic acids is 1. The Hall–Kier alpha value is -7.77. The third-order valence-corrected chi connectivity index (χ3v) is 12.5. The number of oxazole rings is 1. The molecule has 0 aliphatic carbocycles. The van der Waals surface area contributed by atoms with E-state index in [1.165, 1.54) is 10.5 Å². The number of ether oxygens (including phenoxy) is 5. The Labute approximate surface area is 402 Å². The number of aliphatic hydroxyl groups excluding tert-OH is 1. The number of amides is 1. The molecule has 13 nitrogen and oxygen atoms in total. The minimum atomic E-state index is -1.06. The van der Waals surface area contributed by atoms with Gasteiger partial charge in [-0.3, -0.25) is 4.90 Å². The summed E-state index contributed by atoms with van der Waals surface area (Å²) in [7, 11) is 3.21. The molecule has 4 atom stereocenters. The second-order valence-electron chi connectivity index (χ2n) is 17.1. The number of benzene rings is 6. The largest absolute Gasteiger partial charge is 0.497 e. The number of likely N-dealkylation sites (tertiary alicyclic amines) is 1. The van der Waals surface area contributed by atoms with Gasteiger partial charge >= 0.3 is 12.1 Å². The third-order valence-electron chi connectivity index (χ3n) is 12.5. The van der Waals surface area contributed by atoms with Crippen LogP contribution in [-0.4, -0.2) is 84.8 Å². The number of hydrogen-bond acceptors (Lipinski definition) is 11. The number of aryl methyl sites for hydroxylation is 1. The Morgan fingerprint density at radius 1 is 0.667 bits per heavy atom. The van der Waals surface area contributed by atoms with Crippen LogP contribution in [0.15, 0.2) is 162 Å². The van der Waals surface area contributed by atoms with Gasteiger partial charge in [-0.25, -0.2) is 14.6 Å². The van der Waals surface area contributed by atoms with Crippen LogP contribution in [0.2, 0.25) is 0 Å². The maximum Gasteiger partial charge on any atom is 0.416 e. The molecular weight excluding hydrogens is 875 g/mol. The van der Waals surface area contributed by atoms with Crippen LogP contribution in [0.1, 0.15) is 28.1 Å². The van der Waals surface area contributed by atoms with Gasteiger partial charge in [-0.05, 0) is 121 Å². The molecule has 0 unspecified atom stereocenters. The SMILES string of the molecule is COc1ccc(N2C[C@@H](Cc3cccc(OCc4ccccc4)c3)[C@H]2CO)cc1.COc1ccc(OC(=O)N2C[C@@H](Cc3cccc(OCCc4nc(-c5ccccc5)oc4C)c3)[C@H]2C(=O)O)cc1. The number of methoxy groups -OCH3 is 2. The van der Waals surface area contributed by atoms with Crippen molar-refractivity contribution in [1.29, 1.82) is 0 Å². The first-order chi connectivity index (χ1) is 33.7. The molecule has 1 amide bonds. The van der Waals surface area contributed by atoms with E-state index in [1.807, 2.05) is 104 Å². The molecule has 1 aromatic heterocycles. The van der Waals surface area contributed by atoms with Crippen molar-refractivity contribution in [1.82, 2.24) is 9.88 Å². The Bertz CT molecular complexity index is 2750. The fourth-order valence-electron chi connectivity index (χ4n) is 8.73. The Morgan fingerprint density at radius 3 is 1.87 bits per heavy atom. The summed E-state index contributed by atoms with van der Waals surface area (Å²) < 4.78 is 33.5. The summed E-state index contributed by atoms with van der Waals surface area (Å²) in [6.07, 6.45) is 1.31. The summed E-state index contributed by atoms with van der Waals surface area (Å²) in [5.74, 6) is 3.83. The number of aliphatic hydroxyl groups is 1. The molecule has 2 aliphatic rings. The molecular formula is C56H57N3O10. The number of rotatable bonds is 18. The van der Waals surface area contributed by atoms with Gasteiger partial charge < -0.3 is 43.2 Å². The number of carboxylic acids is 1. The van der Waals surface area contributed by atoms with Crippen LogP contribution >= 0.6 is 0 Å². The summed E-state index contributed by atoms with van der Waals surface area (Å²) in [4.78, 5) is 32.7. The number of carboxylic acid groups (broad SMARTS) is 1. The van der Waals surface area contributed by atoms with E-state index in [0.29, 0.717) is 55.1 Å². The number of hydrogen-bond donors (Lipinski definition) is 2. The summed E-state index contributed by atoms with van der Waals surface area (Å²) in [6, 6.07) is 49.5. The van der Waals surface area contributed by atoms with Gasteiger partial charge in [0.05, 0.1) is 39.2 Å². The smallest absolute Gasteiger partial charge is 0.416 e. The minimum absolute atomic E-state index is 0.136. The molecule has 3 heterocycles. The van der Waals surface area contributed by atoms with Gasteiger partial charge in [-0.2, -0.15) is 0 Å². The molecule has 7 aromatic rings. The quantitative estimate of drug-likeness (QED) is 0.0843. The van der Waals surface area contributed by atoms with Crippen molar-refractivity contribution in [2.45, 2.75) is 44.9 Å². The number of aromatic nitrogens is 1. The fraction of sp³-hybridized carbons (Fsp3) is 0.268. The van der Waals surface area contributed by atoms with E-state index in [4.69, 9.17) is 28.1 Å². The first-order valence-electron chi connectivity index (χ1n) is 23.0. The molecule has 9 rings (SSSR count). The molecule has 2 N–H and O–H groups in total. The zero-order valence-corrected chi connectivity index (χ0v) is 39.0. The second-order valence-corrected chi connectivity index (χ2v) is 17.1. The standard InChI is InChI=1S/C31H30N2O7.C25H27NO3/c1-20-27(32-29(39-20)22-8-4-3-5-9-22)15-16-38-26-10-6-7-21(18-26)17-23-19-33(28(23)30(34)35)31(36)40-25-13-11-24(37-2)12-14-25;1-28-23-12-10-22(11-13-23)26-16-21(25(26)17-27)14-20-8-5-9-24(15-20)29-18-19-6-3-2-4-7-19/h3-14,18,23,28H,15-17,19H2,1-2H3,(H,34,35);2-13,15,21,25,27H,14,16-18H2,1H3/t23-,28+;21-,25-/m11/s1. The lowest BCUT2D eigenvalue weighted by molar-refractivity contribution is -0.151. The summed E-state index contributed by atoms with van der Waals surface area (Å²) in [5, 5.41) is 19.7. The lowest BCUT2D eigenvalue weighted by Gasteiger charge is -2.49. The van der Waals surface area contributed by atoms with Gasteiger partial charge in [0.2, 0.25) is 5.89 Å². The second kappa shape index (κ2) is 22.8. The molecule has 0 radical (unpaired) electrons. The van der Waals surface area contributed by atoms with Gasteiger partial charge in [0.1, 0.15) is 47.2 Å². The zero-order valence-electron chi connectivity index (χ0n) is 39.0. The third kappa shape index (κ3) is 12.2. The van der Waals surface area contributed by atoms with Crippen LogP contribution in [0.25, 0.3) is 11.5 Å². The van der Waals surface area contributed by atoms with Crippen LogP contribution < -0.4 is 28.6 Å². The number of nitrogens with zero attached hydrogens (tertiary/aromatic N) is 3. The average Bonchev–Trinajstić information content (AvgIpc) is 3.74. The average molecular weight is 932 g/mol. The first-order valence-corrected chi connectivity index (χ1v) is 23.0. The molecule has 0 spiro atoms. The van der Waals surface area contributed by atoms with Crippen molar-refractivity contribution in [3.63, 3.8) is 0 Å². The minimum Gasteiger partial charge on any atom is -0.497 e. The van der Waals surface area contributed by atoms with Crippen molar-refractivity contribution >= 4 is 17.7 Å². The maximum atomic E-state index is 12.6. The molecule has 6 aromatic carbocycles. The van der Waals surface area contributed by atoms with Crippen molar-refractivity contribution in [2.24, 2.45) is 11.8 Å². The van der Waals surface area contributed by atoms with Crippen LogP contribution in [-0.2, 0) is 30.7 Å². The summed E-state index contributed by atoms with van der Waals surface area (Å²) >= 11 is 0. The van der Waals surface area contributed by atoms with Gasteiger partial charge in [-0.15, -0.1) is 0 Å². The lowest BCUT2D eigenvalue weighted by Crippen LogP contribution is -2.63. The fourth-order valence-corrected chi connectivity index (χ4v) is 8.73. The lowest BCUT2D eigenvalue weighted by atomic mass is 9.83. The number of carbonyl (C=O) groups is 2. The predicted molar refractivity (Wildman–Crippen MR) is 262 cm³/mol.